The number of nitrogens with one attached hydrogen (secondary N) is 2. The lowest BCUT2D eigenvalue weighted by atomic mass is 9.77. The van der Waals surface area contributed by atoms with E-state index in [-0.39, 0.29) is 40.0 Å². The Balaban J connectivity index is 1.67. The highest BCUT2D eigenvalue weighted by molar-refractivity contribution is 5.58. The predicted molar refractivity (Wildman–Crippen MR) is 124 cm³/mol. The molecule has 2 aliphatic rings. The van der Waals surface area contributed by atoms with Crippen molar-refractivity contribution in [2.24, 2.45) is 0 Å². The van der Waals surface area contributed by atoms with Crippen LogP contribution in [-0.4, -0.2) is 48.3 Å². The predicted octanol–water partition coefficient (Wildman–Crippen LogP) is 4.58. The highest BCUT2D eigenvalue weighted by Crippen LogP contribution is 2.42. The molecule has 0 unspecified atom stereocenters. The molecule has 1 aliphatic heterocycles. The van der Waals surface area contributed by atoms with Crippen molar-refractivity contribution in [2.45, 2.75) is 89.1 Å². The molecule has 0 aromatic carbocycles. The third kappa shape index (κ3) is 4.89. The van der Waals surface area contributed by atoms with Crippen molar-refractivity contribution < 1.29 is 13.2 Å². The molecular formula is C23H32F3N7O. The number of alkyl halides is 3. The molecule has 1 aliphatic carbocycles. The molecule has 8 nitrogen and oxygen atoms in total. The van der Waals surface area contributed by atoms with Gasteiger partial charge in [-0.3, -0.25) is 9.69 Å². The van der Waals surface area contributed by atoms with Crippen LogP contribution in [0.1, 0.15) is 71.9 Å². The Morgan fingerprint density at radius 3 is 2.24 bits per heavy atom. The summed E-state index contributed by atoms with van der Waals surface area (Å²) in [4.78, 5) is 22.9. The van der Waals surface area contributed by atoms with Crippen LogP contribution in [0.3, 0.4) is 0 Å². The van der Waals surface area contributed by atoms with Gasteiger partial charge in [0, 0.05) is 28.9 Å². The van der Waals surface area contributed by atoms with Gasteiger partial charge in [-0.2, -0.15) is 23.3 Å². The van der Waals surface area contributed by atoms with Crippen LogP contribution in [0.25, 0.3) is 0 Å². The number of hydrogen-bond acceptors (Lipinski definition) is 7. The summed E-state index contributed by atoms with van der Waals surface area (Å²) in [5.74, 6) is -0.180. The van der Waals surface area contributed by atoms with Crippen LogP contribution in [0.4, 0.5) is 30.8 Å². The standard InChI is InChI=1S/C23H32F3N7O/c1-20(2)11-14(12-21(3,4)32(20)6)33-17(34)8-7-16(31-33)28-18-15(23(24,25)26)13-27-19(29-18)30-22(5)9-10-22/h7-8,13-14H,9-12H2,1-6H3,(H2,27,28,29,30,31). The van der Waals surface area contributed by atoms with E-state index in [9.17, 15) is 18.0 Å². The van der Waals surface area contributed by atoms with E-state index in [2.05, 4.69) is 65.3 Å². The summed E-state index contributed by atoms with van der Waals surface area (Å²) in [7, 11) is 2.06. The van der Waals surface area contributed by atoms with Crippen LogP contribution in [0.2, 0.25) is 0 Å². The van der Waals surface area contributed by atoms with Crippen LogP contribution in [-0.2, 0) is 6.18 Å². The van der Waals surface area contributed by atoms with Gasteiger partial charge < -0.3 is 10.6 Å². The summed E-state index contributed by atoms with van der Waals surface area (Å²) in [5, 5.41) is 10.2. The van der Waals surface area contributed by atoms with Gasteiger partial charge in [-0.15, -0.1) is 0 Å². The Kier molecular flexibility index (Phi) is 5.70. The molecule has 2 fully saturated rings. The number of hydrogen-bond donors (Lipinski definition) is 2. The summed E-state index contributed by atoms with van der Waals surface area (Å²) in [5.41, 5.74) is -1.87. The molecule has 1 saturated carbocycles. The normalized spacial score (nSPS) is 21.8. The van der Waals surface area contributed by atoms with Gasteiger partial charge in [0.1, 0.15) is 11.4 Å². The van der Waals surface area contributed by atoms with E-state index in [1.807, 2.05) is 6.92 Å². The number of aromatic nitrogens is 4. The van der Waals surface area contributed by atoms with Crippen LogP contribution < -0.4 is 16.2 Å². The molecule has 0 bridgehead atoms. The Bertz CT molecular complexity index is 1120. The average molecular weight is 480 g/mol. The van der Waals surface area contributed by atoms with E-state index in [1.54, 1.807) is 0 Å². The SMILES string of the molecule is CN1C(C)(C)CC(n2nc(Nc3nc(NC4(C)CC4)ncc3C(F)(F)F)ccc2=O)CC1(C)C. The summed E-state index contributed by atoms with van der Waals surface area (Å²) < 4.78 is 42.3. The van der Waals surface area contributed by atoms with E-state index >= 15 is 0 Å². The van der Waals surface area contributed by atoms with Gasteiger partial charge >= 0.3 is 6.18 Å². The molecule has 0 amide bonds. The molecule has 0 spiro atoms. The molecule has 2 aromatic rings. The van der Waals surface area contributed by atoms with Gasteiger partial charge in [0.25, 0.3) is 5.56 Å². The Morgan fingerprint density at radius 1 is 1.06 bits per heavy atom. The van der Waals surface area contributed by atoms with Crippen molar-refractivity contribution in [2.75, 3.05) is 17.7 Å². The Labute approximate surface area is 197 Å². The number of halogens is 3. The molecule has 186 valence electrons. The molecule has 11 heteroatoms. The van der Waals surface area contributed by atoms with Crippen molar-refractivity contribution >= 4 is 17.6 Å². The zero-order valence-corrected chi connectivity index (χ0v) is 20.4. The monoisotopic (exact) mass is 479 g/mol. The summed E-state index contributed by atoms with van der Waals surface area (Å²) in [6.45, 7) is 10.4. The number of anilines is 3. The molecule has 2 aromatic heterocycles. The first kappa shape index (κ1) is 24.4. The minimum absolute atomic E-state index is 0.113. The Morgan fingerprint density at radius 2 is 1.68 bits per heavy atom. The maximum absolute atomic E-state index is 13.7. The maximum atomic E-state index is 13.7. The average Bonchev–Trinajstić information content (AvgIpc) is 3.43. The van der Waals surface area contributed by atoms with E-state index in [1.165, 1.54) is 16.8 Å². The van der Waals surface area contributed by atoms with E-state index in [0.717, 1.165) is 19.0 Å². The number of rotatable bonds is 5. The second kappa shape index (κ2) is 7.93. The minimum Gasteiger partial charge on any atom is -0.349 e. The second-order valence-electron chi connectivity index (χ2n) is 11.0. The first-order valence-electron chi connectivity index (χ1n) is 11.4. The lowest BCUT2D eigenvalue weighted by Gasteiger charge is -2.53. The first-order valence-corrected chi connectivity index (χ1v) is 11.4. The third-order valence-electron chi connectivity index (χ3n) is 7.21. The minimum atomic E-state index is -4.65. The van der Waals surface area contributed by atoms with Gasteiger partial charge in [-0.05, 0) is 73.4 Å². The molecule has 2 N–H and O–H groups in total. The summed E-state index contributed by atoms with van der Waals surface area (Å²) in [6.07, 6.45) is -0.734. The quantitative estimate of drug-likeness (QED) is 0.649. The number of piperidine rings is 1. The fraction of sp³-hybridized carbons (Fsp3) is 0.652. The number of nitrogens with zero attached hydrogens (tertiary/aromatic N) is 5. The molecular weight excluding hydrogens is 447 g/mol. The molecule has 0 radical (unpaired) electrons. The van der Waals surface area contributed by atoms with E-state index < -0.39 is 17.6 Å². The number of likely N-dealkylation sites (tertiary alicyclic amines) is 1. The highest BCUT2D eigenvalue weighted by atomic mass is 19.4. The topological polar surface area (TPSA) is 88.0 Å². The molecule has 34 heavy (non-hydrogen) atoms. The van der Waals surface area contributed by atoms with E-state index in [0.29, 0.717) is 12.8 Å². The van der Waals surface area contributed by atoms with Crippen LogP contribution in [0, 0.1) is 0 Å². The fourth-order valence-electron chi connectivity index (χ4n) is 4.69. The van der Waals surface area contributed by atoms with Crippen LogP contribution in [0.5, 0.6) is 0 Å². The van der Waals surface area contributed by atoms with Gasteiger partial charge in [0.15, 0.2) is 5.82 Å². The third-order valence-corrected chi connectivity index (χ3v) is 7.21. The zero-order valence-electron chi connectivity index (χ0n) is 20.4. The Hall–Kier alpha value is -2.69. The summed E-state index contributed by atoms with van der Waals surface area (Å²) in [6, 6.07) is 2.50. The van der Waals surface area contributed by atoms with Crippen molar-refractivity contribution in [3.05, 3.63) is 34.2 Å². The van der Waals surface area contributed by atoms with Crippen molar-refractivity contribution in [3.8, 4) is 0 Å². The van der Waals surface area contributed by atoms with Gasteiger partial charge in [-0.25, -0.2) is 9.67 Å². The smallest absolute Gasteiger partial charge is 0.349 e. The fourth-order valence-corrected chi connectivity index (χ4v) is 4.69. The van der Waals surface area contributed by atoms with Crippen molar-refractivity contribution in [3.63, 3.8) is 0 Å². The second-order valence-corrected chi connectivity index (χ2v) is 11.0. The van der Waals surface area contributed by atoms with Gasteiger partial charge in [-0.1, -0.05) is 0 Å². The highest BCUT2D eigenvalue weighted by Gasteiger charge is 2.44. The lowest BCUT2D eigenvalue weighted by Crippen LogP contribution is -2.59. The largest absolute Gasteiger partial charge is 0.421 e. The van der Waals surface area contributed by atoms with Crippen molar-refractivity contribution in [1.29, 1.82) is 0 Å². The molecule has 3 heterocycles. The van der Waals surface area contributed by atoms with Crippen LogP contribution >= 0.6 is 0 Å². The summed E-state index contributed by atoms with van der Waals surface area (Å²) >= 11 is 0. The molecule has 4 rings (SSSR count). The van der Waals surface area contributed by atoms with E-state index in [4.69, 9.17) is 0 Å². The first-order chi connectivity index (χ1) is 15.6. The zero-order chi connectivity index (χ0) is 25.1. The van der Waals surface area contributed by atoms with Gasteiger partial charge in [0.05, 0.1) is 6.04 Å². The molecule has 1 saturated heterocycles. The van der Waals surface area contributed by atoms with Crippen molar-refractivity contribution in [1.82, 2.24) is 24.6 Å². The van der Waals surface area contributed by atoms with Crippen LogP contribution in [0.15, 0.2) is 23.1 Å². The maximum Gasteiger partial charge on any atom is 0.421 e. The molecule has 0 atom stereocenters. The lowest BCUT2D eigenvalue weighted by molar-refractivity contribution is -0.137. The van der Waals surface area contributed by atoms with Gasteiger partial charge in [0.2, 0.25) is 5.95 Å².